The molecule has 0 saturated carbocycles. The Balaban J connectivity index is 1.53. The van der Waals surface area contributed by atoms with Crippen LogP contribution in [0.15, 0.2) is 84.9 Å². The van der Waals surface area contributed by atoms with Gasteiger partial charge in [0, 0.05) is 16.9 Å². The number of hydrogen-bond donors (Lipinski definition) is 3. The predicted molar refractivity (Wildman–Crippen MR) is 154 cm³/mol. The van der Waals surface area contributed by atoms with Gasteiger partial charge in [0.2, 0.25) is 5.91 Å². The minimum Gasteiger partial charge on any atom is -0.381 e. The highest BCUT2D eigenvalue weighted by Crippen LogP contribution is 2.40. The highest BCUT2D eigenvalue weighted by atomic mass is 32.2. The van der Waals surface area contributed by atoms with Crippen molar-refractivity contribution in [2.75, 3.05) is 5.88 Å². The van der Waals surface area contributed by atoms with Gasteiger partial charge in [0.05, 0.1) is 11.9 Å². The summed E-state index contributed by atoms with van der Waals surface area (Å²) in [6.45, 7) is 6.18. The molecule has 0 spiro atoms. The Morgan fingerprint density at radius 3 is 2.26 bits per heavy atom. The number of benzene rings is 3. The number of nitrogens with one attached hydrogen (secondary N) is 2. The van der Waals surface area contributed by atoms with Gasteiger partial charge < -0.3 is 20.6 Å². The normalized spacial score (nSPS) is 17.7. The number of amides is 3. The molecule has 1 heterocycles. The Morgan fingerprint density at radius 1 is 0.974 bits per heavy atom. The lowest BCUT2D eigenvalue weighted by Crippen LogP contribution is -2.58. The lowest BCUT2D eigenvalue weighted by atomic mass is 9.96. The molecule has 3 unspecified atom stereocenters. The number of rotatable bonds is 9. The predicted octanol–water partition coefficient (Wildman–Crippen LogP) is 3.69. The van der Waals surface area contributed by atoms with Gasteiger partial charge in [-0.1, -0.05) is 72.8 Å². The molecule has 4 rings (SSSR count). The second kappa shape index (κ2) is 12.5. The molecular weight excluding hydrogens is 510 g/mol. The van der Waals surface area contributed by atoms with Crippen LogP contribution in [0.2, 0.25) is 0 Å². The van der Waals surface area contributed by atoms with E-state index in [-0.39, 0.29) is 24.1 Å². The topological polar surface area (TPSA) is 98.7 Å². The van der Waals surface area contributed by atoms with Gasteiger partial charge in [0.1, 0.15) is 6.04 Å². The molecule has 1 aliphatic rings. The van der Waals surface area contributed by atoms with Crippen molar-refractivity contribution in [3.8, 4) is 0 Å². The van der Waals surface area contributed by atoms with Crippen molar-refractivity contribution in [1.29, 1.82) is 0 Å². The van der Waals surface area contributed by atoms with Crippen molar-refractivity contribution in [2.45, 2.75) is 56.7 Å². The summed E-state index contributed by atoms with van der Waals surface area (Å²) in [4.78, 5) is 41.6. The number of aryl methyl sites for hydroxylation is 1. The highest BCUT2D eigenvalue weighted by Gasteiger charge is 2.49. The minimum absolute atomic E-state index is 0.251. The standard InChI is InChI=1S/C31H35N3O4S/c1-21-12-10-11-17-24(21)19-32-29(37)27-31(2,3)39-20-34(27)30(38)26(35)25(18-22-13-6-4-7-14-22)33-28(36)23-15-8-5-9-16-23/h4-17,25-27,35H,18-20H2,1-3H3,(H,32,37)(H,33,36). The van der Waals surface area contributed by atoms with Crippen LogP contribution >= 0.6 is 11.8 Å². The molecule has 8 heteroatoms. The maximum absolute atomic E-state index is 13.8. The molecule has 204 valence electrons. The van der Waals surface area contributed by atoms with Crippen molar-refractivity contribution < 1.29 is 19.5 Å². The van der Waals surface area contributed by atoms with Crippen molar-refractivity contribution in [3.63, 3.8) is 0 Å². The summed E-state index contributed by atoms with van der Waals surface area (Å²) in [6, 6.07) is 24.2. The van der Waals surface area contributed by atoms with E-state index in [1.54, 1.807) is 24.3 Å². The summed E-state index contributed by atoms with van der Waals surface area (Å²) in [7, 11) is 0. The summed E-state index contributed by atoms with van der Waals surface area (Å²) in [5, 5.41) is 17.2. The first-order chi connectivity index (χ1) is 18.7. The van der Waals surface area contributed by atoms with Crippen molar-refractivity contribution in [2.24, 2.45) is 0 Å². The molecule has 3 N–H and O–H groups in total. The molecule has 0 bridgehead atoms. The molecule has 1 aliphatic heterocycles. The van der Waals surface area contributed by atoms with E-state index in [1.165, 1.54) is 16.7 Å². The summed E-state index contributed by atoms with van der Waals surface area (Å²) < 4.78 is -0.562. The van der Waals surface area contributed by atoms with E-state index in [4.69, 9.17) is 0 Å². The van der Waals surface area contributed by atoms with Crippen molar-refractivity contribution in [1.82, 2.24) is 15.5 Å². The Kier molecular flexibility index (Phi) is 9.09. The number of aliphatic hydroxyl groups excluding tert-OH is 1. The molecule has 0 aromatic heterocycles. The van der Waals surface area contributed by atoms with Crippen LogP contribution in [-0.4, -0.2) is 56.5 Å². The van der Waals surface area contributed by atoms with Crippen LogP contribution < -0.4 is 10.6 Å². The molecule has 3 aromatic carbocycles. The van der Waals surface area contributed by atoms with Crippen LogP contribution in [0.4, 0.5) is 0 Å². The zero-order chi connectivity index (χ0) is 28.0. The van der Waals surface area contributed by atoms with Gasteiger partial charge in [0.25, 0.3) is 11.8 Å². The first kappa shape index (κ1) is 28.4. The molecule has 3 aromatic rings. The fourth-order valence-electron chi connectivity index (χ4n) is 4.79. The number of hydrogen-bond acceptors (Lipinski definition) is 5. The fraction of sp³-hybridized carbons (Fsp3) is 0.323. The van der Waals surface area contributed by atoms with Crippen LogP contribution in [0, 0.1) is 6.92 Å². The second-order valence-electron chi connectivity index (χ2n) is 10.3. The van der Waals surface area contributed by atoms with E-state index in [0.717, 1.165) is 16.7 Å². The molecule has 3 atom stereocenters. The maximum atomic E-state index is 13.8. The number of nitrogens with zero attached hydrogens (tertiary/aromatic N) is 1. The molecule has 0 aliphatic carbocycles. The van der Waals surface area contributed by atoms with Crippen LogP contribution in [0.25, 0.3) is 0 Å². The Bertz CT molecular complexity index is 1300. The van der Waals surface area contributed by atoms with Gasteiger partial charge in [-0.15, -0.1) is 11.8 Å². The van der Waals surface area contributed by atoms with Gasteiger partial charge in [-0.05, 0) is 56.0 Å². The zero-order valence-electron chi connectivity index (χ0n) is 22.5. The van der Waals surface area contributed by atoms with Crippen LogP contribution in [0.1, 0.15) is 40.9 Å². The second-order valence-corrected chi connectivity index (χ2v) is 11.9. The maximum Gasteiger partial charge on any atom is 0.254 e. The smallest absolute Gasteiger partial charge is 0.254 e. The summed E-state index contributed by atoms with van der Waals surface area (Å²) in [6.07, 6.45) is -1.29. The Morgan fingerprint density at radius 2 is 1.59 bits per heavy atom. The minimum atomic E-state index is -1.54. The quantitative estimate of drug-likeness (QED) is 0.381. The lowest BCUT2D eigenvalue weighted by Gasteiger charge is -2.33. The number of carbonyl (C=O) groups is 3. The lowest BCUT2D eigenvalue weighted by molar-refractivity contribution is -0.147. The van der Waals surface area contributed by atoms with E-state index >= 15 is 0 Å². The fourth-order valence-corrected chi connectivity index (χ4v) is 5.93. The van der Waals surface area contributed by atoms with Crippen LogP contribution in [0.3, 0.4) is 0 Å². The molecule has 39 heavy (non-hydrogen) atoms. The summed E-state index contributed by atoms with van der Waals surface area (Å²) >= 11 is 1.49. The van der Waals surface area contributed by atoms with E-state index in [1.807, 2.05) is 81.4 Å². The first-order valence-corrected chi connectivity index (χ1v) is 14.0. The third-order valence-electron chi connectivity index (χ3n) is 7.08. The molecular formula is C31H35N3O4S. The van der Waals surface area contributed by atoms with Gasteiger partial charge >= 0.3 is 0 Å². The average Bonchev–Trinajstić information content (AvgIpc) is 3.27. The van der Waals surface area contributed by atoms with E-state index in [9.17, 15) is 19.5 Å². The number of thioether (sulfide) groups is 1. The molecule has 1 saturated heterocycles. The average molecular weight is 546 g/mol. The molecule has 0 radical (unpaired) electrons. The van der Waals surface area contributed by atoms with Gasteiger partial charge in [0.15, 0.2) is 6.10 Å². The van der Waals surface area contributed by atoms with E-state index in [0.29, 0.717) is 12.1 Å². The molecule has 3 amide bonds. The monoisotopic (exact) mass is 545 g/mol. The van der Waals surface area contributed by atoms with Gasteiger partial charge in [-0.3, -0.25) is 14.4 Å². The first-order valence-electron chi connectivity index (χ1n) is 13.0. The summed E-state index contributed by atoms with van der Waals surface area (Å²) in [5.41, 5.74) is 3.37. The van der Waals surface area contributed by atoms with Gasteiger partial charge in [-0.25, -0.2) is 0 Å². The van der Waals surface area contributed by atoms with Crippen molar-refractivity contribution in [3.05, 3.63) is 107 Å². The SMILES string of the molecule is Cc1ccccc1CNC(=O)C1N(C(=O)C(O)C(Cc2ccccc2)NC(=O)c2ccccc2)CSC1(C)C. The number of aliphatic hydroxyl groups is 1. The molecule has 1 fully saturated rings. The van der Waals surface area contributed by atoms with Crippen molar-refractivity contribution >= 4 is 29.5 Å². The third-order valence-corrected chi connectivity index (χ3v) is 8.45. The summed E-state index contributed by atoms with van der Waals surface area (Å²) in [5.74, 6) is -0.983. The largest absolute Gasteiger partial charge is 0.381 e. The number of carbonyl (C=O) groups excluding carboxylic acids is 3. The third kappa shape index (κ3) is 6.88. The molecule has 7 nitrogen and oxygen atoms in total. The Labute approximate surface area is 234 Å². The highest BCUT2D eigenvalue weighted by molar-refractivity contribution is 8.00. The van der Waals surface area contributed by atoms with Crippen LogP contribution in [0.5, 0.6) is 0 Å². The van der Waals surface area contributed by atoms with Gasteiger partial charge in [-0.2, -0.15) is 0 Å². The Hall–Kier alpha value is -3.62. The van der Waals surface area contributed by atoms with E-state index in [2.05, 4.69) is 10.6 Å². The van der Waals surface area contributed by atoms with E-state index < -0.39 is 28.8 Å². The van der Waals surface area contributed by atoms with Crippen LogP contribution in [-0.2, 0) is 22.6 Å². The zero-order valence-corrected chi connectivity index (χ0v) is 23.3.